The monoisotopic (exact) mass is 385 g/mol. The van der Waals surface area contributed by atoms with Gasteiger partial charge in [0.15, 0.2) is 0 Å². The van der Waals surface area contributed by atoms with E-state index in [9.17, 15) is 9.18 Å². The van der Waals surface area contributed by atoms with Crippen LogP contribution in [0.1, 0.15) is 10.4 Å². The molecule has 0 aliphatic rings. The number of nitrogens with one attached hydrogen (secondary N) is 2. The zero-order valence-corrected chi connectivity index (χ0v) is 14.0. The topological polar surface area (TPSA) is 54.0 Å². The fourth-order valence-electron chi connectivity index (χ4n) is 2.12. The van der Waals surface area contributed by atoms with Crippen LogP contribution in [0.4, 0.5) is 21.5 Å². The van der Waals surface area contributed by atoms with Crippen LogP contribution in [0.25, 0.3) is 0 Å². The maximum absolute atomic E-state index is 13.2. The highest BCUT2D eigenvalue weighted by Gasteiger charge is 2.09. The molecule has 1 heterocycles. The molecule has 0 aliphatic carbocycles. The number of hydrogen-bond acceptors (Lipinski definition) is 3. The van der Waals surface area contributed by atoms with Gasteiger partial charge >= 0.3 is 0 Å². The van der Waals surface area contributed by atoms with Crippen LogP contribution in [-0.2, 0) is 0 Å². The van der Waals surface area contributed by atoms with Gasteiger partial charge in [-0.25, -0.2) is 4.39 Å². The molecule has 4 nitrogen and oxygen atoms in total. The first-order valence-corrected chi connectivity index (χ1v) is 7.94. The quantitative estimate of drug-likeness (QED) is 0.665. The van der Waals surface area contributed by atoms with E-state index in [1.807, 2.05) is 18.2 Å². The van der Waals surface area contributed by atoms with Gasteiger partial charge in [0, 0.05) is 16.4 Å². The molecule has 0 spiro atoms. The highest BCUT2D eigenvalue weighted by molar-refractivity contribution is 9.10. The van der Waals surface area contributed by atoms with Crippen molar-refractivity contribution in [3.05, 3.63) is 82.8 Å². The summed E-state index contributed by atoms with van der Waals surface area (Å²) in [5.41, 5.74) is 2.25. The van der Waals surface area contributed by atoms with E-state index in [1.54, 1.807) is 30.5 Å². The minimum absolute atomic E-state index is 0.280. The van der Waals surface area contributed by atoms with Crippen molar-refractivity contribution in [3.63, 3.8) is 0 Å². The van der Waals surface area contributed by atoms with E-state index >= 15 is 0 Å². The summed E-state index contributed by atoms with van der Waals surface area (Å²) in [4.78, 5) is 16.4. The van der Waals surface area contributed by atoms with Crippen molar-refractivity contribution in [2.75, 3.05) is 10.6 Å². The SMILES string of the molecule is O=C(Nc1ccccc1Br)c1cncc(Nc2cccc(F)c2)c1. The summed E-state index contributed by atoms with van der Waals surface area (Å²) in [6.07, 6.45) is 3.04. The molecule has 1 aromatic heterocycles. The molecule has 0 fully saturated rings. The van der Waals surface area contributed by atoms with Crippen molar-refractivity contribution in [2.45, 2.75) is 0 Å². The summed E-state index contributed by atoms with van der Waals surface area (Å²) in [5.74, 6) is -0.618. The number of nitrogens with zero attached hydrogens (tertiary/aromatic N) is 1. The zero-order chi connectivity index (χ0) is 16.9. The van der Waals surface area contributed by atoms with Gasteiger partial charge in [-0.05, 0) is 52.3 Å². The molecule has 0 aliphatic heterocycles. The fraction of sp³-hybridized carbons (Fsp3) is 0. The summed E-state index contributed by atoms with van der Waals surface area (Å²) in [6, 6.07) is 15.1. The number of benzene rings is 2. The van der Waals surface area contributed by atoms with Crippen LogP contribution in [0.5, 0.6) is 0 Å². The van der Waals surface area contributed by atoms with Crippen molar-refractivity contribution in [1.29, 1.82) is 0 Å². The van der Waals surface area contributed by atoms with E-state index in [0.717, 1.165) is 4.47 Å². The molecule has 0 unspecified atom stereocenters. The summed E-state index contributed by atoms with van der Waals surface area (Å²) >= 11 is 3.38. The van der Waals surface area contributed by atoms with Crippen LogP contribution < -0.4 is 10.6 Å². The van der Waals surface area contributed by atoms with Crippen molar-refractivity contribution >= 4 is 38.9 Å². The van der Waals surface area contributed by atoms with Crippen LogP contribution in [0.15, 0.2) is 71.5 Å². The standard InChI is InChI=1S/C18H13BrFN3O/c19-16-6-1-2-7-17(16)23-18(24)12-8-15(11-21-10-12)22-14-5-3-4-13(20)9-14/h1-11,22H,(H,23,24). The predicted octanol–water partition coefficient (Wildman–Crippen LogP) is 4.98. The number of amides is 1. The van der Waals surface area contributed by atoms with Gasteiger partial charge in [-0.15, -0.1) is 0 Å². The molecule has 0 radical (unpaired) electrons. The van der Waals surface area contributed by atoms with Crippen LogP contribution >= 0.6 is 15.9 Å². The Morgan fingerprint density at radius 3 is 2.62 bits per heavy atom. The van der Waals surface area contributed by atoms with Gasteiger partial charge < -0.3 is 10.6 Å². The first kappa shape index (κ1) is 16.1. The van der Waals surface area contributed by atoms with Gasteiger partial charge in [0.25, 0.3) is 5.91 Å². The molecule has 2 aromatic carbocycles. The van der Waals surface area contributed by atoms with Gasteiger partial charge in [-0.1, -0.05) is 18.2 Å². The Balaban J connectivity index is 1.77. The predicted molar refractivity (Wildman–Crippen MR) is 96.0 cm³/mol. The van der Waals surface area contributed by atoms with E-state index in [4.69, 9.17) is 0 Å². The van der Waals surface area contributed by atoms with Crippen molar-refractivity contribution in [2.24, 2.45) is 0 Å². The maximum atomic E-state index is 13.2. The molecular formula is C18H13BrFN3O. The van der Waals surface area contributed by atoms with Crippen molar-refractivity contribution in [3.8, 4) is 0 Å². The molecule has 0 saturated heterocycles. The summed E-state index contributed by atoms with van der Waals surface area (Å²) < 4.78 is 14.0. The van der Waals surface area contributed by atoms with Gasteiger partial charge in [0.1, 0.15) is 5.82 Å². The molecular weight excluding hydrogens is 373 g/mol. The molecule has 3 aromatic rings. The number of rotatable bonds is 4. The van der Waals surface area contributed by atoms with Gasteiger partial charge in [0.2, 0.25) is 0 Å². The Labute approximate surface area is 146 Å². The van der Waals surface area contributed by atoms with E-state index in [-0.39, 0.29) is 11.7 Å². The van der Waals surface area contributed by atoms with Gasteiger partial charge in [-0.2, -0.15) is 0 Å². The molecule has 1 amide bonds. The minimum Gasteiger partial charge on any atom is -0.354 e. The minimum atomic E-state index is -0.337. The smallest absolute Gasteiger partial charge is 0.257 e. The third kappa shape index (κ3) is 3.97. The summed E-state index contributed by atoms with van der Waals surface area (Å²) in [7, 11) is 0. The fourth-order valence-corrected chi connectivity index (χ4v) is 2.51. The van der Waals surface area contributed by atoms with E-state index in [2.05, 4.69) is 31.5 Å². The highest BCUT2D eigenvalue weighted by atomic mass is 79.9. The average molecular weight is 386 g/mol. The first-order chi connectivity index (χ1) is 11.6. The van der Waals surface area contributed by atoms with Crippen molar-refractivity contribution < 1.29 is 9.18 Å². The van der Waals surface area contributed by atoms with Gasteiger partial charge in [-0.3, -0.25) is 9.78 Å². The highest BCUT2D eigenvalue weighted by Crippen LogP contribution is 2.22. The lowest BCUT2D eigenvalue weighted by Crippen LogP contribution is -2.12. The van der Waals surface area contributed by atoms with Crippen LogP contribution in [-0.4, -0.2) is 10.9 Å². The average Bonchev–Trinajstić information content (AvgIpc) is 2.57. The lowest BCUT2D eigenvalue weighted by Gasteiger charge is -2.09. The van der Waals surface area contributed by atoms with E-state index in [0.29, 0.717) is 22.6 Å². The second-order valence-electron chi connectivity index (χ2n) is 5.03. The Bertz CT molecular complexity index is 885. The molecule has 3 rings (SSSR count). The van der Waals surface area contributed by atoms with Crippen molar-refractivity contribution in [1.82, 2.24) is 4.98 Å². The molecule has 120 valence electrons. The van der Waals surface area contributed by atoms with E-state index in [1.165, 1.54) is 18.3 Å². The number of aromatic nitrogens is 1. The van der Waals surface area contributed by atoms with Crippen LogP contribution in [0.2, 0.25) is 0 Å². The Morgan fingerprint density at radius 1 is 1.00 bits per heavy atom. The molecule has 0 bridgehead atoms. The Kier molecular flexibility index (Phi) is 4.86. The maximum Gasteiger partial charge on any atom is 0.257 e. The largest absolute Gasteiger partial charge is 0.354 e. The molecule has 2 N–H and O–H groups in total. The zero-order valence-electron chi connectivity index (χ0n) is 12.5. The number of carbonyl (C=O) groups is 1. The molecule has 0 saturated carbocycles. The lowest BCUT2D eigenvalue weighted by atomic mass is 10.2. The lowest BCUT2D eigenvalue weighted by molar-refractivity contribution is 0.102. The summed E-state index contributed by atoms with van der Waals surface area (Å²) in [5, 5.41) is 5.84. The third-order valence-electron chi connectivity index (χ3n) is 3.24. The number of hydrogen-bond donors (Lipinski definition) is 2. The second-order valence-corrected chi connectivity index (χ2v) is 5.89. The number of anilines is 3. The summed E-state index contributed by atoms with van der Waals surface area (Å²) in [6.45, 7) is 0. The number of pyridine rings is 1. The van der Waals surface area contributed by atoms with Gasteiger partial charge in [0.05, 0.1) is 23.1 Å². The number of halogens is 2. The van der Waals surface area contributed by atoms with Crippen LogP contribution in [0, 0.1) is 5.82 Å². The molecule has 6 heteroatoms. The molecule has 0 atom stereocenters. The third-order valence-corrected chi connectivity index (χ3v) is 3.93. The number of carbonyl (C=O) groups excluding carboxylic acids is 1. The normalized spacial score (nSPS) is 10.2. The molecule has 24 heavy (non-hydrogen) atoms. The van der Waals surface area contributed by atoms with E-state index < -0.39 is 0 Å². The Morgan fingerprint density at radius 2 is 1.83 bits per heavy atom. The Hall–Kier alpha value is -2.73. The first-order valence-electron chi connectivity index (χ1n) is 7.15. The van der Waals surface area contributed by atoms with Crippen LogP contribution in [0.3, 0.4) is 0 Å². The number of para-hydroxylation sites is 1. The second kappa shape index (κ2) is 7.23.